The number of amides is 3. The quantitative estimate of drug-likeness (QED) is 0.697. The number of rotatable bonds is 4. The normalized spacial score (nSPS) is 15.4. The summed E-state index contributed by atoms with van der Waals surface area (Å²) in [6.07, 6.45) is 0.172. The lowest BCUT2D eigenvalue weighted by atomic mass is 10.1. The van der Waals surface area contributed by atoms with Crippen LogP contribution < -0.4 is 15.5 Å². The molecule has 0 aliphatic carbocycles. The van der Waals surface area contributed by atoms with Gasteiger partial charge < -0.3 is 15.5 Å². The Morgan fingerprint density at radius 2 is 2.00 bits per heavy atom. The first-order chi connectivity index (χ1) is 14.0. The van der Waals surface area contributed by atoms with E-state index in [-0.39, 0.29) is 30.7 Å². The Labute approximate surface area is 177 Å². The molecule has 1 aliphatic rings. The van der Waals surface area contributed by atoms with Gasteiger partial charge >= 0.3 is 0 Å². The fourth-order valence-corrected chi connectivity index (χ4v) is 3.50. The van der Waals surface area contributed by atoms with E-state index < -0.39 is 5.92 Å². The molecule has 2 N–H and O–H groups in total. The van der Waals surface area contributed by atoms with E-state index in [9.17, 15) is 14.4 Å². The molecular formula is C22H20BrN3O3. The summed E-state index contributed by atoms with van der Waals surface area (Å²) in [4.78, 5) is 38.2. The van der Waals surface area contributed by atoms with Crippen molar-refractivity contribution in [2.75, 3.05) is 25.0 Å². The molecule has 7 heteroatoms. The minimum absolute atomic E-state index is 0.0751. The number of nitrogens with zero attached hydrogens (tertiary/aromatic N) is 1. The first-order valence-electron chi connectivity index (χ1n) is 9.13. The van der Waals surface area contributed by atoms with E-state index in [1.165, 1.54) is 0 Å². The van der Waals surface area contributed by atoms with Crippen LogP contribution >= 0.6 is 15.9 Å². The highest BCUT2D eigenvalue weighted by Crippen LogP contribution is 2.27. The second kappa shape index (κ2) is 9.39. The van der Waals surface area contributed by atoms with Crippen LogP contribution in [0.3, 0.4) is 0 Å². The Morgan fingerprint density at radius 3 is 2.76 bits per heavy atom. The zero-order valence-corrected chi connectivity index (χ0v) is 17.5. The summed E-state index contributed by atoms with van der Waals surface area (Å²) in [7, 11) is 1.56. The number of carbonyl (C=O) groups excluding carboxylic acids is 3. The Balaban J connectivity index is 1.58. The van der Waals surface area contributed by atoms with E-state index in [0.29, 0.717) is 17.7 Å². The summed E-state index contributed by atoms with van der Waals surface area (Å²) < 4.78 is 0.878. The number of hydrogen-bond donors (Lipinski definition) is 2. The van der Waals surface area contributed by atoms with E-state index in [1.54, 1.807) is 36.2 Å². The molecule has 0 saturated carbocycles. The van der Waals surface area contributed by atoms with Crippen LogP contribution in [0.4, 0.5) is 5.69 Å². The van der Waals surface area contributed by atoms with Crippen molar-refractivity contribution >= 4 is 39.3 Å². The predicted molar refractivity (Wildman–Crippen MR) is 114 cm³/mol. The summed E-state index contributed by atoms with van der Waals surface area (Å²) in [5.41, 5.74) is 1.85. The maximum absolute atomic E-state index is 12.4. The molecule has 0 spiro atoms. The Hall–Kier alpha value is -3.11. The van der Waals surface area contributed by atoms with Gasteiger partial charge in [0, 0.05) is 35.7 Å². The number of halogens is 1. The molecule has 2 aromatic rings. The summed E-state index contributed by atoms with van der Waals surface area (Å²) in [6.45, 7) is 0.483. The molecule has 1 aliphatic heterocycles. The number of nitrogens with one attached hydrogen (secondary N) is 2. The van der Waals surface area contributed by atoms with E-state index >= 15 is 0 Å². The van der Waals surface area contributed by atoms with Gasteiger partial charge in [-0.15, -0.1) is 0 Å². The molecule has 0 bridgehead atoms. The van der Waals surface area contributed by atoms with E-state index in [4.69, 9.17) is 0 Å². The molecule has 1 unspecified atom stereocenters. The van der Waals surface area contributed by atoms with Gasteiger partial charge in [0.15, 0.2) is 0 Å². The highest BCUT2D eigenvalue weighted by atomic mass is 79.9. The van der Waals surface area contributed by atoms with E-state index in [2.05, 4.69) is 38.4 Å². The minimum atomic E-state index is -0.415. The van der Waals surface area contributed by atoms with Gasteiger partial charge in [0.25, 0.3) is 5.91 Å². The second-order valence-corrected chi connectivity index (χ2v) is 7.45. The predicted octanol–water partition coefficient (Wildman–Crippen LogP) is 2.33. The fraction of sp³-hybridized carbons (Fsp3) is 0.227. The molecular weight excluding hydrogens is 434 g/mol. The van der Waals surface area contributed by atoms with Crippen LogP contribution in [0.1, 0.15) is 22.3 Å². The van der Waals surface area contributed by atoms with Crippen molar-refractivity contribution in [2.24, 2.45) is 5.92 Å². The first-order valence-corrected chi connectivity index (χ1v) is 9.92. The first kappa shape index (κ1) is 20.6. The lowest BCUT2D eigenvalue weighted by Crippen LogP contribution is -2.33. The van der Waals surface area contributed by atoms with Crippen LogP contribution in [-0.4, -0.2) is 37.9 Å². The minimum Gasteiger partial charge on any atom is -0.355 e. The third-order valence-corrected chi connectivity index (χ3v) is 5.08. The molecule has 1 atom stereocenters. The molecule has 148 valence electrons. The average molecular weight is 454 g/mol. The molecule has 3 rings (SSSR count). The number of carbonyl (C=O) groups is 3. The van der Waals surface area contributed by atoms with Gasteiger partial charge in [-0.3, -0.25) is 14.4 Å². The molecule has 0 aromatic heterocycles. The topological polar surface area (TPSA) is 78.5 Å². The van der Waals surface area contributed by atoms with Gasteiger partial charge in [-0.25, -0.2) is 0 Å². The maximum Gasteiger partial charge on any atom is 0.252 e. The van der Waals surface area contributed by atoms with Crippen molar-refractivity contribution in [1.82, 2.24) is 10.6 Å². The largest absolute Gasteiger partial charge is 0.355 e. The van der Waals surface area contributed by atoms with Gasteiger partial charge in [-0.2, -0.15) is 0 Å². The third kappa shape index (κ3) is 5.04. The van der Waals surface area contributed by atoms with E-state index in [0.717, 1.165) is 10.2 Å². The molecule has 1 saturated heterocycles. The molecule has 6 nitrogen and oxygen atoms in total. The van der Waals surface area contributed by atoms with Crippen LogP contribution in [0.15, 0.2) is 53.0 Å². The van der Waals surface area contributed by atoms with Gasteiger partial charge in [0.2, 0.25) is 11.8 Å². The zero-order chi connectivity index (χ0) is 20.8. The van der Waals surface area contributed by atoms with Gasteiger partial charge in [-0.05, 0) is 30.3 Å². The number of benzene rings is 2. The van der Waals surface area contributed by atoms with Crippen molar-refractivity contribution in [2.45, 2.75) is 6.42 Å². The molecule has 1 fully saturated rings. The van der Waals surface area contributed by atoms with E-state index in [1.807, 2.05) is 24.3 Å². The summed E-state index contributed by atoms with van der Waals surface area (Å²) in [6, 6.07) is 14.5. The highest BCUT2D eigenvalue weighted by Gasteiger charge is 2.34. The fourth-order valence-electron chi connectivity index (χ4n) is 3.12. The molecule has 29 heavy (non-hydrogen) atoms. The van der Waals surface area contributed by atoms with Crippen molar-refractivity contribution in [3.63, 3.8) is 0 Å². The average Bonchev–Trinajstić information content (AvgIpc) is 3.12. The Kier molecular flexibility index (Phi) is 6.68. The SMILES string of the molecule is CNC(=O)c1ccccc1C#CCNC(=O)C1CC(=O)N(c2cccc(Br)c2)C1. The zero-order valence-electron chi connectivity index (χ0n) is 15.9. The van der Waals surface area contributed by atoms with Crippen molar-refractivity contribution in [3.8, 4) is 11.8 Å². The van der Waals surface area contributed by atoms with Crippen LogP contribution in [0, 0.1) is 17.8 Å². The van der Waals surface area contributed by atoms with Gasteiger partial charge in [-0.1, -0.05) is 46.0 Å². The summed E-state index contributed by atoms with van der Waals surface area (Å²) >= 11 is 3.40. The molecule has 0 radical (unpaired) electrons. The third-order valence-electron chi connectivity index (χ3n) is 4.59. The highest BCUT2D eigenvalue weighted by molar-refractivity contribution is 9.10. The van der Waals surface area contributed by atoms with Crippen LogP contribution in [0.5, 0.6) is 0 Å². The van der Waals surface area contributed by atoms with Crippen LogP contribution in [0.25, 0.3) is 0 Å². The number of anilines is 1. The lowest BCUT2D eigenvalue weighted by Gasteiger charge is -2.16. The molecule has 1 heterocycles. The van der Waals surface area contributed by atoms with Crippen LogP contribution in [0.2, 0.25) is 0 Å². The van der Waals surface area contributed by atoms with Crippen molar-refractivity contribution in [3.05, 3.63) is 64.1 Å². The standard InChI is InChI=1S/C22H20BrN3O3/c1-24-22(29)19-10-3-2-6-15(19)7-5-11-25-21(28)16-12-20(27)26(14-16)18-9-4-8-17(23)13-18/h2-4,6,8-10,13,16H,11-12,14H2,1H3,(H,24,29)(H,25,28). The Morgan fingerprint density at radius 1 is 1.21 bits per heavy atom. The summed E-state index contributed by atoms with van der Waals surface area (Å²) in [5.74, 6) is 4.88. The van der Waals surface area contributed by atoms with Gasteiger partial charge in [0.05, 0.1) is 18.0 Å². The Bertz CT molecular complexity index is 1010. The monoisotopic (exact) mass is 453 g/mol. The van der Waals surface area contributed by atoms with Crippen molar-refractivity contribution < 1.29 is 14.4 Å². The smallest absolute Gasteiger partial charge is 0.252 e. The summed E-state index contributed by atoms with van der Waals surface area (Å²) in [5, 5.41) is 5.34. The lowest BCUT2D eigenvalue weighted by molar-refractivity contribution is -0.126. The van der Waals surface area contributed by atoms with Gasteiger partial charge in [0.1, 0.15) is 0 Å². The molecule has 2 aromatic carbocycles. The van der Waals surface area contributed by atoms with Crippen LogP contribution in [-0.2, 0) is 9.59 Å². The van der Waals surface area contributed by atoms with Crippen molar-refractivity contribution in [1.29, 1.82) is 0 Å². The maximum atomic E-state index is 12.4. The second-order valence-electron chi connectivity index (χ2n) is 6.53. The molecule has 3 amide bonds. The number of hydrogen-bond acceptors (Lipinski definition) is 3.